The van der Waals surface area contributed by atoms with Gasteiger partial charge in [0.15, 0.2) is 0 Å². The third kappa shape index (κ3) is 3.08. The van der Waals surface area contributed by atoms with E-state index in [1.807, 2.05) is 0 Å². The van der Waals surface area contributed by atoms with Crippen molar-refractivity contribution in [2.45, 2.75) is 25.1 Å². The van der Waals surface area contributed by atoms with Crippen molar-refractivity contribution in [1.29, 1.82) is 0 Å². The van der Waals surface area contributed by atoms with Gasteiger partial charge in [0.1, 0.15) is 0 Å². The van der Waals surface area contributed by atoms with Crippen LogP contribution < -0.4 is 16.4 Å². The number of amides is 1. The van der Waals surface area contributed by atoms with E-state index in [0.717, 1.165) is 0 Å². The van der Waals surface area contributed by atoms with Gasteiger partial charge >= 0.3 is 0 Å². The lowest BCUT2D eigenvalue weighted by atomic mass is 10.0. The molecule has 1 amide bonds. The molecule has 0 radical (unpaired) electrons. The molecule has 0 saturated carbocycles. The number of nitrogens with one attached hydrogen (secondary N) is 2. The predicted octanol–water partition coefficient (Wildman–Crippen LogP) is -0.427. The fourth-order valence-corrected chi connectivity index (χ4v) is 1.27. The first-order chi connectivity index (χ1) is 6.08. The molecule has 0 aliphatic carbocycles. The van der Waals surface area contributed by atoms with Gasteiger partial charge in [-0.2, -0.15) is 0 Å². The second kappa shape index (κ2) is 5.48. The van der Waals surface area contributed by atoms with Crippen molar-refractivity contribution in [3.63, 3.8) is 0 Å². The van der Waals surface area contributed by atoms with E-state index in [0.29, 0.717) is 13.1 Å². The smallest absolute Gasteiger partial charge is 0.259 e. The van der Waals surface area contributed by atoms with Gasteiger partial charge in [0, 0.05) is 25.6 Å². The summed E-state index contributed by atoms with van der Waals surface area (Å²) in [5.74, 6) is -0.546. The van der Waals surface area contributed by atoms with Gasteiger partial charge in [0.05, 0.1) is 0 Å². The van der Waals surface area contributed by atoms with Crippen molar-refractivity contribution in [2.75, 3.05) is 19.6 Å². The van der Waals surface area contributed by atoms with Crippen molar-refractivity contribution in [3.05, 3.63) is 0 Å². The third-order valence-corrected chi connectivity index (χ3v) is 2.24. The van der Waals surface area contributed by atoms with Crippen molar-refractivity contribution < 1.29 is 9.18 Å². The minimum absolute atomic E-state index is 0. The number of carbonyl (C=O) groups is 1. The second-order valence-electron chi connectivity index (χ2n) is 3.50. The standard InChI is InChI=1S/C8H16FN3O.ClH/c1-6(4-10)12-7(13)8(9)2-3-11-5-8;/h6,11H,2-5,10H2,1H3,(H,12,13);1H/t6-,8?;/m1./s1. The molecule has 6 heteroatoms. The number of rotatable bonds is 3. The van der Waals surface area contributed by atoms with Crippen molar-refractivity contribution in [3.8, 4) is 0 Å². The summed E-state index contributed by atoms with van der Waals surface area (Å²) in [7, 11) is 0. The average molecular weight is 226 g/mol. The van der Waals surface area contributed by atoms with Crippen LogP contribution in [-0.2, 0) is 4.79 Å². The lowest BCUT2D eigenvalue weighted by Crippen LogP contribution is -2.49. The van der Waals surface area contributed by atoms with Crippen LogP contribution in [0, 0.1) is 0 Å². The van der Waals surface area contributed by atoms with Crippen LogP contribution >= 0.6 is 12.4 Å². The molecular weight excluding hydrogens is 209 g/mol. The molecule has 14 heavy (non-hydrogen) atoms. The highest BCUT2D eigenvalue weighted by atomic mass is 35.5. The Hall–Kier alpha value is -0.390. The zero-order valence-corrected chi connectivity index (χ0v) is 8.99. The molecule has 0 aromatic heterocycles. The van der Waals surface area contributed by atoms with Crippen LogP contribution in [-0.4, -0.2) is 37.3 Å². The highest BCUT2D eigenvalue weighted by Gasteiger charge is 2.41. The highest BCUT2D eigenvalue weighted by molar-refractivity contribution is 5.86. The molecule has 1 heterocycles. The average Bonchev–Trinajstić information content (AvgIpc) is 2.53. The van der Waals surface area contributed by atoms with Gasteiger partial charge in [-0.15, -0.1) is 12.4 Å². The van der Waals surface area contributed by atoms with E-state index in [9.17, 15) is 9.18 Å². The summed E-state index contributed by atoms with van der Waals surface area (Å²) in [6.07, 6.45) is 0.246. The first-order valence-electron chi connectivity index (χ1n) is 4.49. The number of alkyl halides is 1. The minimum Gasteiger partial charge on any atom is -0.350 e. The normalized spacial score (nSPS) is 27.9. The van der Waals surface area contributed by atoms with Gasteiger partial charge in [-0.1, -0.05) is 0 Å². The van der Waals surface area contributed by atoms with E-state index in [1.165, 1.54) is 0 Å². The molecule has 1 aliphatic heterocycles. The quantitative estimate of drug-likeness (QED) is 0.611. The number of halogens is 2. The molecule has 1 unspecified atom stereocenters. The first kappa shape index (κ1) is 13.6. The molecule has 84 valence electrons. The maximum Gasteiger partial charge on any atom is 0.259 e. The van der Waals surface area contributed by atoms with E-state index in [-0.39, 0.29) is 31.4 Å². The lowest BCUT2D eigenvalue weighted by molar-refractivity contribution is -0.132. The molecule has 1 rings (SSSR count). The topological polar surface area (TPSA) is 67.1 Å². The summed E-state index contributed by atoms with van der Waals surface area (Å²) < 4.78 is 13.7. The summed E-state index contributed by atoms with van der Waals surface area (Å²) in [4.78, 5) is 11.4. The summed E-state index contributed by atoms with van der Waals surface area (Å²) in [5.41, 5.74) is 3.58. The van der Waals surface area contributed by atoms with Crippen molar-refractivity contribution >= 4 is 18.3 Å². The fourth-order valence-electron chi connectivity index (χ4n) is 1.27. The van der Waals surface area contributed by atoms with Gasteiger partial charge in [0.25, 0.3) is 5.91 Å². The van der Waals surface area contributed by atoms with Crippen molar-refractivity contribution in [1.82, 2.24) is 10.6 Å². The zero-order valence-electron chi connectivity index (χ0n) is 8.18. The van der Waals surface area contributed by atoms with E-state index in [4.69, 9.17) is 5.73 Å². The summed E-state index contributed by atoms with van der Waals surface area (Å²) in [5, 5.41) is 5.35. The Labute approximate surface area is 89.2 Å². The van der Waals surface area contributed by atoms with E-state index < -0.39 is 11.6 Å². The summed E-state index contributed by atoms with van der Waals surface area (Å²) >= 11 is 0. The predicted molar refractivity (Wildman–Crippen MR) is 55.2 cm³/mol. The largest absolute Gasteiger partial charge is 0.350 e. The fraction of sp³-hybridized carbons (Fsp3) is 0.875. The molecule has 4 N–H and O–H groups in total. The van der Waals surface area contributed by atoms with E-state index in [2.05, 4.69) is 10.6 Å². The molecule has 2 atom stereocenters. The Morgan fingerprint density at radius 2 is 2.43 bits per heavy atom. The Bertz CT molecular complexity index is 197. The first-order valence-corrected chi connectivity index (χ1v) is 4.49. The van der Waals surface area contributed by atoms with Gasteiger partial charge in [-0.25, -0.2) is 4.39 Å². The summed E-state index contributed by atoms with van der Waals surface area (Å²) in [6.45, 7) is 2.75. The Morgan fingerprint density at radius 1 is 1.79 bits per heavy atom. The van der Waals surface area contributed by atoms with Gasteiger partial charge in [-0.3, -0.25) is 4.79 Å². The van der Waals surface area contributed by atoms with Crippen LogP contribution in [0.2, 0.25) is 0 Å². The Balaban J connectivity index is 0.00000169. The number of nitrogens with two attached hydrogens (primary N) is 1. The number of carbonyl (C=O) groups excluding carboxylic acids is 1. The Morgan fingerprint density at radius 3 is 2.86 bits per heavy atom. The van der Waals surface area contributed by atoms with Crippen LogP contribution in [0.1, 0.15) is 13.3 Å². The maximum absolute atomic E-state index is 13.7. The van der Waals surface area contributed by atoms with Crippen LogP contribution in [0.15, 0.2) is 0 Å². The third-order valence-electron chi connectivity index (χ3n) is 2.24. The van der Waals surface area contributed by atoms with E-state index in [1.54, 1.807) is 6.92 Å². The molecule has 0 spiro atoms. The number of hydrogen-bond donors (Lipinski definition) is 3. The van der Waals surface area contributed by atoms with E-state index >= 15 is 0 Å². The van der Waals surface area contributed by atoms with Crippen LogP contribution in [0.4, 0.5) is 4.39 Å². The molecule has 0 aromatic carbocycles. The summed E-state index contributed by atoms with van der Waals surface area (Å²) in [6, 6.07) is -0.166. The SMILES string of the molecule is C[C@H](CN)NC(=O)C1(F)CCNC1.Cl. The Kier molecular flexibility index (Phi) is 5.33. The lowest BCUT2D eigenvalue weighted by Gasteiger charge is -2.20. The zero-order chi connectivity index (χ0) is 9.90. The van der Waals surface area contributed by atoms with Crippen LogP contribution in [0.5, 0.6) is 0 Å². The minimum atomic E-state index is -1.73. The van der Waals surface area contributed by atoms with Crippen LogP contribution in [0.3, 0.4) is 0 Å². The van der Waals surface area contributed by atoms with Gasteiger partial charge in [-0.05, 0) is 13.5 Å². The van der Waals surface area contributed by atoms with Crippen LogP contribution in [0.25, 0.3) is 0 Å². The van der Waals surface area contributed by atoms with Gasteiger partial charge < -0.3 is 16.4 Å². The van der Waals surface area contributed by atoms with Gasteiger partial charge in [0.2, 0.25) is 5.67 Å². The van der Waals surface area contributed by atoms with Crippen molar-refractivity contribution in [2.24, 2.45) is 5.73 Å². The molecule has 4 nitrogen and oxygen atoms in total. The molecule has 1 saturated heterocycles. The highest BCUT2D eigenvalue weighted by Crippen LogP contribution is 2.19. The molecule has 1 fully saturated rings. The second-order valence-corrected chi connectivity index (χ2v) is 3.50. The number of hydrogen-bond acceptors (Lipinski definition) is 3. The molecular formula is C8H17ClFN3O. The maximum atomic E-state index is 13.7. The monoisotopic (exact) mass is 225 g/mol. The molecule has 0 aromatic rings. The molecule has 1 aliphatic rings. The molecule has 0 bridgehead atoms.